The lowest BCUT2D eigenvalue weighted by molar-refractivity contribution is -0.130. The first kappa shape index (κ1) is 18.2. The van der Waals surface area contributed by atoms with Crippen LogP contribution in [0.1, 0.15) is 38.2 Å². The van der Waals surface area contributed by atoms with Crippen LogP contribution in [0.4, 0.5) is 0 Å². The van der Waals surface area contributed by atoms with Crippen molar-refractivity contribution in [2.24, 2.45) is 0 Å². The fraction of sp³-hybridized carbons (Fsp3) is 0.353. The molecule has 7 heteroatoms. The predicted octanol–water partition coefficient (Wildman–Crippen LogP) is 3.30. The molecule has 0 aliphatic rings. The van der Waals surface area contributed by atoms with Crippen molar-refractivity contribution in [2.75, 3.05) is 0 Å². The van der Waals surface area contributed by atoms with E-state index in [2.05, 4.69) is 31.4 Å². The highest BCUT2D eigenvalue weighted by Crippen LogP contribution is 2.20. The second-order valence-electron chi connectivity index (χ2n) is 6.46. The van der Waals surface area contributed by atoms with Crippen molar-refractivity contribution in [3.63, 3.8) is 0 Å². The van der Waals surface area contributed by atoms with E-state index in [1.165, 1.54) is 6.92 Å². The zero-order valence-corrected chi connectivity index (χ0v) is 15.6. The standard InChI is InChI=1S/C17H20BrN3O3/c1-10(15(22)19-17(2,3)4)24-16(23)14-9-13(20-21-14)11-5-7-12(18)8-6-11/h5-10H,1-4H3,(H,19,22)(H,20,21)/t10-/m1/s1. The number of hydrogen-bond acceptors (Lipinski definition) is 4. The molecule has 0 aliphatic carbocycles. The summed E-state index contributed by atoms with van der Waals surface area (Å²) in [4.78, 5) is 24.1. The Morgan fingerprint density at radius 1 is 1.25 bits per heavy atom. The molecule has 0 spiro atoms. The number of rotatable bonds is 4. The van der Waals surface area contributed by atoms with Crippen LogP contribution in [-0.4, -0.2) is 33.7 Å². The van der Waals surface area contributed by atoms with Gasteiger partial charge in [-0.05, 0) is 45.9 Å². The molecule has 0 bridgehead atoms. The molecule has 0 fully saturated rings. The quantitative estimate of drug-likeness (QED) is 0.780. The average Bonchev–Trinajstić information content (AvgIpc) is 2.96. The van der Waals surface area contributed by atoms with Crippen molar-refractivity contribution < 1.29 is 14.3 Å². The van der Waals surface area contributed by atoms with Crippen LogP contribution in [0.15, 0.2) is 34.8 Å². The first-order valence-electron chi connectivity index (χ1n) is 7.50. The van der Waals surface area contributed by atoms with Gasteiger partial charge in [-0.1, -0.05) is 28.1 Å². The Morgan fingerprint density at radius 2 is 1.88 bits per heavy atom. The maximum Gasteiger partial charge on any atom is 0.357 e. The maximum absolute atomic E-state index is 12.1. The van der Waals surface area contributed by atoms with E-state index in [1.54, 1.807) is 6.07 Å². The van der Waals surface area contributed by atoms with Gasteiger partial charge in [0.2, 0.25) is 0 Å². The van der Waals surface area contributed by atoms with Crippen LogP contribution in [0, 0.1) is 0 Å². The van der Waals surface area contributed by atoms with Gasteiger partial charge in [-0.15, -0.1) is 0 Å². The van der Waals surface area contributed by atoms with Crippen LogP contribution >= 0.6 is 15.9 Å². The molecule has 1 aromatic carbocycles. The number of ether oxygens (including phenoxy) is 1. The van der Waals surface area contributed by atoms with Crippen LogP contribution in [-0.2, 0) is 9.53 Å². The van der Waals surface area contributed by atoms with Crippen molar-refractivity contribution in [2.45, 2.75) is 39.3 Å². The SMILES string of the molecule is C[C@@H](OC(=O)c1cc(-c2ccc(Br)cc2)n[nH]1)C(=O)NC(C)(C)C. The van der Waals surface area contributed by atoms with Crippen LogP contribution in [0.3, 0.4) is 0 Å². The molecule has 1 amide bonds. The molecular weight excluding hydrogens is 374 g/mol. The Bertz CT molecular complexity index is 732. The highest BCUT2D eigenvalue weighted by Gasteiger charge is 2.23. The van der Waals surface area contributed by atoms with Gasteiger partial charge in [0.05, 0.1) is 5.69 Å². The minimum absolute atomic E-state index is 0.198. The summed E-state index contributed by atoms with van der Waals surface area (Å²) in [7, 11) is 0. The van der Waals surface area contributed by atoms with Crippen LogP contribution in [0.5, 0.6) is 0 Å². The van der Waals surface area contributed by atoms with E-state index in [0.717, 1.165) is 10.0 Å². The molecule has 0 unspecified atom stereocenters. The molecule has 0 saturated heterocycles. The molecule has 0 saturated carbocycles. The van der Waals surface area contributed by atoms with Gasteiger partial charge in [0.15, 0.2) is 6.10 Å². The van der Waals surface area contributed by atoms with Gasteiger partial charge >= 0.3 is 5.97 Å². The molecule has 2 rings (SSSR count). The maximum atomic E-state index is 12.1. The van der Waals surface area contributed by atoms with Gasteiger partial charge in [0.1, 0.15) is 5.69 Å². The molecule has 128 valence electrons. The van der Waals surface area contributed by atoms with Gasteiger partial charge < -0.3 is 10.1 Å². The van der Waals surface area contributed by atoms with Gasteiger partial charge in [-0.2, -0.15) is 5.10 Å². The number of nitrogens with zero attached hydrogens (tertiary/aromatic N) is 1. The molecular formula is C17H20BrN3O3. The predicted molar refractivity (Wildman–Crippen MR) is 94.5 cm³/mol. The summed E-state index contributed by atoms with van der Waals surface area (Å²) in [5, 5.41) is 9.52. The van der Waals surface area contributed by atoms with E-state index in [4.69, 9.17) is 4.74 Å². The number of nitrogens with one attached hydrogen (secondary N) is 2. The third-order valence-corrected chi connectivity index (χ3v) is 3.62. The molecule has 2 aromatic rings. The van der Waals surface area contributed by atoms with Crippen molar-refractivity contribution in [1.29, 1.82) is 0 Å². The van der Waals surface area contributed by atoms with Crippen molar-refractivity contribution in [1.82, 2.24) is 15.5 Å². The number of amides is 1. The fourth-order valence-corrected chi connectivity index (χ4v) is 2.21. The fourth-order valence-electron chi connectivity index (χ4n) is 1.94. The summed E-state index contributed by atoms with van der Waals surface area (Å²) in [6.07, 6.45) is -0.892. The zero-order chi connectivity index (χ0) is 17.9. The third-order valence-electron chi connectivity index (χ3n) is 3.09. The number of aromatic nitrogens is 2. The molecule has 1 heterocycles. The lowest BCUT2D eigenvalue weighted by Gasteiger charge is -2.23. The topological polar surface area (TPSA) is 84.1 Å². The second-order valence-corrected chi connectivity index (χ2v) is 7.38. The van der Waals surface area contributed by atoms with Gasteiger partial charge in [0, 0.05) is 15.6 Å². The first-order chi connectivity index (χ1) is 11.2. The van der Waals surface area contributed by atoms with Crippen molar-refractivity contribution in [3.05, 3.63) is 40.5 Å². The van der Waals surface area contributed by atoms with Crippen LogP contribution in [0.25, 0.3) is 11.3 Å². The number of halogens is 1. The summed E-state index contributed by atoms with van der Waals surface area (Å²) in [6, 6.07) is 9.14. The largest absolute Gasteiger partial charge is 0.448 e. The van der Waals surface area contributed by atoms with Crippen LogP contribution < -0.4 is 5.32 Å². The molecule has 24 heavy (non-hydrogen) atoms. The Balaban J connectivity index is 2.03. The minimum Gasteiger partial charge on any atom is -0.448 e. The Hall–Kier alpha value is -2.15. The normalized spacial score (nSPS) is 12.5. The van der Waals surface area contributed by atoms with E-state index in [1.807, 2.05) is 45.0 Å². The van der Waals surface area contributed by atoms with E-state index in [9.17, 15) is 9.59 Å². The summed E-state index contributed by atoms with van der Waals surface area (Å²) < 4.78 is 6.14. The van der Waals surface area contributed by atoms with Gasteiger partial charge in [-0.3, -0.25) is 9.89 Å². The number of carbonyl (C=O) groups excluding carboxylic acids is 2. The number of aromatic amines is 1. The summed E-state index contributed by atoms with van der Waals surface area (Å²) in [5.74, 6) is -0.967. The Kier molecular flexibility index (Phi) is 5.43. The number of carbonyl (C=O) groups is 2. The number of benzene rings is 1. The Morgan fingerprint density at radius 3 is 2.46 bits per heavy atom. The van der Waals surface area contributed by atoms with Crippen molar-refractivity contribution >= 4 is 27.8 Å². The first-order valence-corrected chi connectivity index (χ1v) is 8.29. The van der Waals surface area contributed by atoms with Crippen LogP contribution in [0.2, 0.25) is 0 Å². The lowest BCUT2D eigenvalue weighted by atomic mass is 10.1. The highest BCUT2D eigenvalue weighted by atomic mass is 79.9. The molecule has 6 nitrogen and oxygen atoms in total. The van der Waals surface area contributed by atoms with Gasteiger partial charge in [-0.25, -0.2) is 4.79 Å². The monoisotopic (exact) mass is 393 g/mol. The average molecular weight is 394 g/mol. The van der Waals surface area contributed by atoms with Crippen molar-refractivity contribution in [3.8, 4) is 11.3 Å². The zero-order valence-electron chi connectivity index (χ0n) is 14.0. The number of esters is 1. The smallest absolute Gasteiger partial charge is 0.357 e. The summed E-state index contributed by atoms with van der Waals surface area (Å²) >= 11 is 3.37. The molecule has 1 atom stereocenters. The summed E-state index contributed by atoms with van der Waals surface area (Å²) in [5.41, 5.74) is 1.30. The molecule has 0 aliphatic heterocycles. The highest BCUT2D eigenvalue weighted by molar-refractivity contribution is 9.10. The van der Waals surface area contributed by atoms with E-state index in [-0.39, 0.29) is 17.1 Å². The lowest BCUT2D eigenvalue weighted by Crippen LogP contribution is -2.46. The molecule has 0 radical (unpaired) electrons. The van der Waals surface area contributed by atoms with Gasteiger partial charge in [0.25, 0.3) is 5.91 Å². The molecule has 2 N–H and O–H groups in total. The molecule has 1 aromatic heterocycles. The third kappa shape index (κ3) is 4.92. The van der Waals surface area contributed by atoms with E-state index >= 15 is 0 Å². The number of H-pyrrole nitrogens is 1. The summed E-state index contributed by atoms with van der Waals surface area (Å²) in [6.45, 7) is 7.11. The minimum atomic E-state index is -0.892. The van der Waals surface area contributed by atoms with E-state index in [0.29, 0.717) is 5.69 Å². The second kappa shape index (κ2) is 7.17. The Labute approximate surface area is 149 Å². The van der Waals surface area contributed by atoms with E-state index < -0.39 is 12.1 Å². The number of hydrogen-bond donors (Lipinski definition) is 2.